The average Bonchev–Trinajstić information content (AvgIpc) is 4.09. The van der Waals surface area contributed by atoms with E-state index in [0.29, 0.717) is 22.5 Å². The molecule has 0 unspecified atom stereocenters. The molecular formula is C64H36B9NO. The minimum absolute atomic E-state index is 0.0356. The molecule has 11 aromatic rings. The Morgan fingerprint density at radius 1 is 0.360 bits per heavy atom. The summed E-state index contributed by atoms with van der Waals surface area (Å²) in [4.78, 5) is 1.98. The summed E-state index contributed by atoms with van der Waals surface area (Å²) in [5, 5.41) is 1.81. The molecule has 2 aliphatic carbocycles. The van der Waals surface area contributed by atoms with Gasteiger partial charge in [-0.15, -0.1) is 16.4 Å². The maximum atomic E-state index is 7.28. The predicted molar refractivity (Wildman–Crippen MR) is 323 cm³/mol. The number of para-hydroxylation sites is 2. The summed E-state index contributed by atoms with van der Waals surface area (Å²) in [6.45, 7) is 4.47. The maximum Gasteiger partial charge on any atom is 0.159 e. The Labute approximate surface area is 450 Å². The summed E-state index contributed by atoms with van der Waals surface area (Å²) in [5.74, 6) is 0. The minimum Gasteiger partial charge on any atom is -0.453 e. The lowest BCUT2D eigenvalue weighted by atomic mass is 9.56. The third-order valence-corrected chi connectivity index (χ3v) is 16.2. The van der Waals surface area contributed by atoms with E-state index in [2.05, 4.69) is 184 Å². The first-order valence-electron chi connectivity index (χ1n) is 24.9. The van der Waals surface area contributed by atoms with Gasteiger partial charge in [-0.1, -0.05) is 210 Å². The van der Waals surface area contributed by atoms with Gasteiger partial charge in [-0.05, 0) is 90.5 Å². The van der Waals surface area contributed by atoms with Crippen molar-refractivity contribution < 1.29 is 4.42 Å². The fourth-order valence-electron chi connectivity index (χ4n) is 12.5. The van der Waals surface area contributed by atoms with Gasteiger partial charge >= 0.3 is 0 Å². The first kappa shape index (κ1) is 47.1. The van der Waals surface area contributed by atoms with E-state index in [1.165, 1.54) is 44.5 Å². The molecule has 0 atom stereocenters. The SMILES string of the molecule is [B]c1c([B])c([B])c(-c2c([B])c([B])c(N(c3ccc4c(c3)C(C)(C)c3ccccc3-4)c3cccc4c3oc3c(-c5ccc(C6(c7ccccc7)c7ccccc7-c7ccccc76)cc5)cccc34)c([B])c2[B])c([B])c1[B]. The highest BCUT2D eigenvalue weighted by atomic mass is 16.3. The summed E-state index contributed by atoms with van der Waals surface area (Å²) in [6.07, 6.45) is 0. The van der Waals surface area contributed by atoms with Crippen molar-refractivity contribution in [3.05, 3.63) is 215 Å². The Bertz CT molecular complexity index is 4120. The summed E-state index contributed by atoms with van der Waals surface area (Å²) in [6, 6.07) is 64.5. The fraction of sp³-hybridized carbons (Fsp3) is 0.0625. The lowest BCUT2D eigenvalue weighted by Crippen LogP contribution is -2.57. The highest BCUT2D eigenvalue weighted by Crippen LogP contribution is 2.56. The molecule has 0 aliphatic heterocycles. The standard InChI is InChI=1S/C64H36B9NO/c1-63(2)44-22-9-6-16-38(44)41-31-30-36(32-47(41)63)74(60-58(72)53(67)50(54(68)59(60)73)49-51(65)55(69)57(71)56(70)52(49)66)48-25-13-21-43-42-20-12-19-37(61(42)75-62(43)48)33-26-28-35(29-27-33)64(34-14-4-3-5-15-34)45-23-10-7-17-39(45)40-18-8-11-24-46(40)64/h3-32H,1-2H3. The second-order valence-electron chi connectivity index (χ2n) is 20.3. The van der Waals surface area contributed by atoms with Gasteiger partial charge in [0.15, 0.2) is 5.58 Å². The molecule has 1 aromatic heterocycles. The van der Waals surface area contributed by atoms with Crippen LogP contribution in [0.15, 0.2) is 186 Å². The summed E-state index contributed by atoms with van der Waals surface area (Å²) >= 11 is 0. The Morgan fingerprint density at radius 3 is 1.41 bits per heavy atom. The number of anilines is 3. The van der Waals surface area contributed by atoms with Crippen LogP contribution in [0.3, 0.4) is 0 Å². The smallest absolute Gasteiger partial charge is 0.159 e. The zero-order valence-electron chi connectivity index (χ0n) is 41.4. The number of hydrogen-bond acceptors (Lipinski definition) is 2. The monoisotopic (exact) mass is 933 g/mol. The maximum absolute atomic E-state index is 7.28. The van der Waals surface area contributed by atoms with Gasteiger partial charge in [0.05, 0.1) is 11.1 Å². The summed E-state index contributed by atoms with van der Waals surface area (Å²) in [5.41, 5.74) is 17.1. The minimum atomic E-state index is -0.532. The van der Waals surface area contributed by atoms with E-state index in [4.69, 9.17) is 75.0 Å². The molecule has 13 rings (SSSR count). The van der Waals surface area contributed by atoms with Crippen molar-refractivity contribution in [2.24, 2.45) is 0 Å². The molecule has 0 spiro atoms. The van der Waals surface area contributed by atoms with Crippen LogP contribution in [0.2, 0.25) is 0 Å². The Balaban J connectivity index is 1.01. The van der Waals surface area contributed by atoms with Crippen molar-refractivity contribution >= 4 is 159 Å². The number of nitrogens with zero attached hydrogens (tertiary/aromatic N) is 1. The molecule has 0 saturated carbocycles. The molecule has 0 amide bonds. The van der Waals surface area contributed by atoms with Crippen LogP contribution in [0.5, 0.6) is 0 Å². The molecule has 10 aromatic carbocycles. The predicted octanol–water partition coefficient (Wildman–Crippen LogP) is 6.20. The van der Waals surface area contributed by atoms with Crippen LogP contribution in [0.4, 0.5) is 17.1 Å². The number of fused-ring (bicyclic) bond motifs is 9. The quantitative estimate of drug-likeness (QED) is 0.177. The molecule has 18 radical (unpaired) electrons. The van der Waals surface area contributed by atoms with Crippen molar-refractivity contribution in [2.75, 3.05) is 4.90 Å². The van der Waals surface area contributed by atoms with Crippen LogP contribution >= 0.6 is 0 Å². The molecule has 330 valence electrons. The van der Waals surface area contributed by atoms with Crippen molar-refractivity contribution in [1.29, 1.82) is 0 Å². The van der Waals surface area contributed by atoms with Crippen molar-refractivity contribution in [2.45, 2.75) is 24.7 Å². The molecule has 1 heterocycles. The summed E-state index contributed by atoms with van der Waals surface area (Å²) < 4.78 is 7.23. The number of furan rings is 1. The lowest BCUT2D eigenvalue weighted by Gasteiger charge is -2.34. The number of benzene rings is 10. The lowest BCUT2D eigenvalue weighted by molar-refractivity contribution is 0.660. The van der Waals surface area contributed by atoms with E-state index >= 15 is 0 Å². The van der Waals surface area contributed by atoms with Gasteiger partial charge in [-0.25, -0.2) is 0 Å². The van der Waals surface area contributed by atoms with E-state index in [0.717, 1.165) is 38.7 Å². The summed E-state index contributed by atoms with van der Waals surface area (Å²) in [7, 11) is 61.0. The van der Waals surface area contributed by atoms with Crippen LogP contribution in [0.1, 0.15) is 47.2 Å². The molecule has 0 fully saturated rings. The third kappa shape index (κ3) is 6.59. The Hall–Kier alpha value is -7.62. The van der Waals surface area contributed by atoms with Gasteiger partial charge in [-0.3, -0.25) is 0 Å². The largest absolute Gasteiger partial charge is 0.453 e. The molecule has 0 N–H and O–H groups in total. The van der Waals surface area contributed by atoms with Crippen molar-refractivity contribution in [1.82, 2.24) is 0 Å². The first-order valence-corrected chi connectivity index (χ1v) is 24.9. The zero-order chi connectivity index (χ0) is 51.8. The van der Waals surface area contributed by atoms with Gasteiger partial charge in [0.2, 0.25) is 0 Å². The van der Waals surface area contributed by atoms with Crippen molar-refractivity contribution in [3.63, 3.8) is 0 Å². The molecule has 2 aliphatic rings. The first-order chi connectivity index (χ1) is 36.2. The Morgan fingerprint density at radius 2 is 0.813 bits per heavy atom. The van der Waals surface area contributed by atoms with Gasteiger partial charge in [0.1, 0.15) is 76.2 Å². The average molecular weight is 932 g/mol. The number of hydrogen-bond donors (Lipinski definition) is 0. The van der Waals surface area contributed by atoms with Gasteiger partial charge in [0.25, 0.3) is 0 Å². The Kier molecular flexibility index (Phi) is 10.8. The molecule has 0 bridgehead atoms. The van der Waals surface area contributed by atoms with E-state index in [9.17, 15) is 0 Å². The normalized spacial score (nSPS) is 13.6. The molecule has 75 heavy (non-hydrogen) atoms. The van der Waals surface area contributed by atoms with Crippen LogP contribution in [-0.4, -0.2) is 70.6 Å². The highest BCUT2D eigenvalue weighted by molar-refractivity contribution is 6.71. The zero-order valence-corrected chi connectivity index (χ0v) is 41.4. The topological polar surface area (TPSA) is 16.4 Å². The van der Waals surface area contributed by atoms with E-state index < -0.39 is 5.41 Å². The second-order valence-corrected chi connectivity index (χ2v) is 20.3. The van der Waals surface area contributed by atoms with Crippen LogP contribution in [-0.2, 0) is 10.8 Å². The van der Waals surface area contributed by atoms with Crippen LogP contribution in [0.25, 0.3) is 66.4 Å². The van der Waals surface area contributed by atoms with Gasteiger partial charge < -0.3 is 9.32 Å². The molecule has 11 heteroatoms. The molecular weight excluding hydrogens is 896 g/mol. The molecule has 2 nitrogen and oxygen atoms in total. The van der Waals surface area contributed by atoms with E-state index in [1.807, 2.05) is 17.0 Å². The highest BCUT2D eigenvalue weighted by Gasteiger charge is 2.46. The fourth-order valence-corrected chi connectivity index (χ4v) is 12.5. The third-order valence-electron chi connectivity index (χ3n) is 16.2. The van der Waals surface area contributed by atoms with E-state index in [1.54, 1.807) is 0 Å². The van der Waals surface area contributed by atoms with Gasteiger partial charge in [-0.2, -0.15) is 0 Å². The molecule has 0 saturated heterocycles. The van der Waals surface area contributed by atoms with Crippen LogP contribution < -0.4 is 54.1 Å². The van der Waals surface area contributed by atoms with E-state index in [-0.39, 0.29) is 65.7 Å². The van der Waals surface area contributed by atoms with Gasteiger partial charge in [0, 0.05) is 33.1 Å². The second kappa shape index (κ2) is 17.2. The van der Waals surface area contributed by atoms with Crippen LogP contribution in [0, 0.1) is 0 Å². The number of rotatable bonds is 7. The van der Waals surface area contributed by atoms with Crippen molar-refractivity contribution in [3.8, 4) is 44.5 Å².